The van der Waals surface area contributed by atoms with Crippen LogP contribution in [0.2, 0.25) is 0 Å². The molecule has 0 aliphatic carbocycles. The number of aliphatic hydroxyl groups excluding tert-OH is 1. The molecular weight excluding hydrogens is 306 g/mol. The number of aliphatic hydroxyl groups is 1. The van der Waals surface area contributed by atoms with Crippen LogP contribution in [0.3, 0.4) is 0 Å². The Balaban J connectivity index is 2.49. The molecular formula is C15H24BrNO2. The zero-order valence-corrected chi connectivity index (χ0v) is 13.5. The second-order valence-electron chi connectivity index (χ2n) is 4.99. The number of halogens is 1. The summed E-state index contributed by atoms with van der Waals surface area (Å²) in [6, 6.07) is 8.03. The normalized spacial score (nSPS) is 14.6. The average molecular weight is 330 g/mol. The van der Waals surface area contributed by atoms with E-state index in [0.29, 0.717) is 19.1 Å². The van der Waals surface area contributed by atoms with Crippen molar-refractivity contribution < 1.29 is 9.84 Å². The zero-order valence-electron chi connectivity index (χ0n) is 11.9. The van der Waals surface area contributed by atoms with E-state index in [2.05, 4.69) is 35.1 Å². The molecule has 3 nitrogen and oxygen atoms in total. The molecule has 1 rings (SSSR count). The SMILES string of the molecule is CCOCC(NCC(O)c1cccc(Br)c1)C(C)C. The first kappa shape index (κ1) is 16.6. The van der Waals surface area contributed by atoms with Crippen LogP contribution in [0.5, 0.6) is 0 Å². The summed E-state index contributed by atoms with van der Waals surface area (Å²) in [5.74, 6) is 0.473. The van der Waals surface area contributed by atoms with Gasteiger partial charge in [0.05, 0.1) is 12.7 Å². The second kappa shape index (κ2) is 8.69. The third-order valence-corrected chi connectivity index (χ3v) is 3.61. The van der Waals surface area contributed by atoms with Crippen molar-refractivity contribution in [2.45, 2.75) is 32.9 Å². The third-order valence-electron chi connectivity index (χ3n) is 3.11. The minimum absolute atomic E-state index is 0.266. The van der Waals surface area contributed by atoms with E-state index in [1.807, 2.05) is 31.2 Å². The average Bonchev–Trinajstić information content (AvgIpc) is 2.38. The Morgan fingerprint density at radius 2 is 2.11 bits per heavy atom. The quantitative estimate of drug-likeness (QED) is 0.769. The lowest BCUT2D eigenvalue weighted by Crippen LogP contribution is -2.40. The summed E-state index contributed by atoms with van der Waals surface area (Å²) < 4.78 is 6.45. The zero-order chi connectivity index (χ0) is 14.3. The minimum atomic E-state index is -0.500. The molecule has 0 saturated carbocycles. The van der Waals surface area contributed by atoms with Gasteiger partial charge in [-0.05, 0) is 30.5 Å². The molecule has 1 aromatic carbocycles. The standard InChI is InChI=1S/C15H24BrNO2/c1-4-19-10-14(11(2)3)17-9-15(18)12-6-5-7-13(16)8-12/h5-8,11,14-15,17-18H,4,9-10H2,1-3H3. The lowest BCUT2D eigenvalue weighted by Gasteiger charge is -2.24. The number of hydrogen-bond acceptors (Lipinski definition) is 3. The summed E-state index contributed by atoms with van der Waals surface area (Å²) in [6.45, 7) is 8.24. The van der Waals surface area contributed by atoms with Gasteiger partial charge in [0.15, 0.2) is 0 Å². The number of rotatable bonds is 8. The highest BCUT2D eigenvalue weighted by molar-refractivity contribution is 9.10. The molecule has 0 aromatic heterocycles. The van der Waals surface area contributed by atoms with Gasteiger partial charge in [-0.25, -0.2) is 0 Å². The van der Waals surface area contributed by atoms with E-state index in [1.165, 1.54) is 0 Å². The van der Waals surface area contributed by atoms with Crippen LogP contribution in [0.1, 0.15) is 32.4 Å². The van der Waals surface area contributed by atoms with Crippen LogP contribution in [0.15, 0.2) is 28.7 Å². The number of nitrogens with one attached hydrogen (secondary N) is 1. The van der Waals surface area contributed by atoms with E-state index < -0.39 is 6.10 Å². The molecule has 2 atom stereocenters. The molecule has 0 bridgehead atoms. The number of hydrogen-bond donors (Lipinski definition) is 2. The number of ether oxygens (including phenoxy) is 1. The third kappa shape index (κ3) is 6.04. The molecule has 0 amide bonds. The topological polar surface area (TPSA) is 41.5 Å². The molecule has 1 aromatic rings. The molecule has 0 fully saturated rings. The molecule has 4 heteroatoms. The van der Waals surface area contributed by atoms with Gasteiger partial charge in [-0.15, -0.1) is 0 Å². The lowest BCUT2D eigenvalue weighted by atomic mass is 10.0. The Kier molecular flexibility index (Phi) is 7.61. The van der Waals surface area contributed by atoms with Gasteiger partial charge in [0.1, 0.15) is 0 Å². The van der Waals surface area contributed by atoms with Gasteiger partial charge in [0.2, 0.25) is 0 Å². The van der Waals surface area contributed by atoms with Crippen LogP contribution in [-0.4, -0.2) is 30.9 Å². The Morgan fingerprint density at radius 1 is 1.37 bits per heavy atom. The fraction of sp³-hybridized carbons (Fsp3) is 0.600. The Hall–Kier alpha value is -0.420. The van der Waals surface area contributed by atoms with Crippen molar-refractivity contribution in [3.8, 4) is 0 Å². The van der Waals surface area contributed by atoms with Crippen LogP contribution in [0.4, 0.5) is 0 Å². The maximum absolute atomic E-state index is 10.2. The minimum Gasteiger partial charge on any atom is -0.387 e. The van der Waals surface area contributed by atoms with Crippen LogP contribution < -0.4 is 5.32 Å². The van der Waals surface area contributed by atoms with Crippen molar-refractivity contribution in [2.24, 2.45) is 5.92 Å². The Bertz CT molecular complexity index is 371. The Labute approximate surface area is 124 Å². The van der Waals surface area contributed by atoms with E-state index in [4.69, 9.17) is 4.74 Å². The van der Waals surface area contributed by atoms with Crippen molar-refractivity contribution in [2.75, 3.05) is 19.8 Å². The highest BCUT2D eigenvalue weighted by Crippen LogP contribution is 2.18. The molecule has 0 radical (unpaired) electrons. The van der Waals surface area contributed by atoms with Crippen LogP contribution in [0, 0.1) is 5.92 Å². The summed E-state index contributed by atoms with van der Waals surface area (Å²) in [5.41, 5.74) is 0.917. The molecule has 0 heterocycles. The highest BCUT2D eigenvalue weighted by Gasteiger charge is 2.15. The highest BCUT2D eigenvalue weighted by atomic mass is 79.9. The van der Waals surface area contributed by atoms with Gasteiger partial charge in [0, 0.05) is 23.7 Å². The van der Waals surface area contributed by atoms with Crippen molar-refractivity contribution in [1.29, 1.82) is 0 Å². The van der Waals surface area contributed by atoms with Gasteiger partial charge in [0.25, 0.3) is 0 Å². The predicted octanol–water partition coefficient (Wildman–Crippen LogP) is 3.13. The van der Waals surface area contributed by atoms with Gasteiger partial charge in [-0.3, -0.25) is 0 Å². The largest absolute Gasteiger partial charge is 0.387 e. The van der Waals surface area contributed by atoms with Crippen molar-refractivity contribution >= 4 is 15.9 Å². The van der Waals surface area contributed by atoms with Crippen LogP contribution >= 0.6 is 15.9 Å². The van der Waals surface area contributed by atoms with Gasteiger partial charge in [-0.1, -0.05) is 41.9 Å². The van der Waals surface area contributed by atoms with Crippen LogP contribution in [0.25, 0.3) is 0 Å². The molecule has 2 unspecified atom stereocenters. The summed E-state index contributed by atoms with van der Waals surface area (Å²) >= 11 is 3.42. The van der Waals surface area contributed by atoms with Crippen LogP contribution in [-0.2, 0) is 4.74 Å². The fourth-order valence-corrected chi connectivity index (χ4v) is 2.24. The molecule has 0 aliphatic rings. The van der Waals surface area contributed by atoms with Crippen molar-refractivity contribution in [3.63, 3.8) is 0 Å². The van der Waals surface area contributed by atoms with Gasteiger partial charge < -0.3 is 15.2 Å². The second-order valence-corrected chi connectivity index (χ2v) is 5.90. The molecule has 0 aliphatic heterocycles. The van der Waals surface area contributed by atoms with Crippen molar-refractivity contribution in [3.05, 3.63) is 34.3 Å². The van der Waals surface area contributed by atoms with E-state index in [9.17, 15) is 5.11 Å². The predicted molar refractivity (Wildman–Crippen MR) is 82.2 cm³/mol. The molecule has 2 N–H and O–H groups in total. The maximum Gasteiger partial charge on any atom is 0.0914 e. The first-order valence-electron chi connectivity index (χ1n) is 6.79. The first-order chi connectivity index (χ1) is 9.04. The maximum atomic E-state index is 10.2. The summed E-state index contributed by atoms with van der Waals surface area (Å²) in [4.78, 5) is 0. The van der Waals surface area contributed by atoms with Crippen molar-refractivity contribution in [1.82, 2.24) is 5.32 Å². The van der Waals surface area contributed by atoms with E-state index in [1.54, 1.807) is 0 Å². The summed E-state index contributed by atoms with van der Waals surface area (Å²) in [7, 11) is 0. The monoisotopic (exact) mass is 329 g/mol. The van der Waals surface area contributed by atoms with Gasteiger partial charge in [-0.2, -0.15) is 0 Å². The van der Waals surface area contributed by atoms with E-state index >= 15 is 0 Å². The number of benzene rings is 1. The lowest BCUT2D eigenvalue weighted by molar-refractivity contribution is 0.0970. The summed E-state index contributed by atoms with van der Waals surface area (Å²) in [5, 5.41) is 13.6. The molecule has 0 spiro atoms. The van der Waals surface area contributed by atoms with E-state index in [0.717, 1.165) is 16.6 Å². The molecule has 19 heavy (non-hydrogen) atoms. The van der Waals surface area contributed by atoms with E-state index in [-0.39, 0.29) is 6.04 Å². The van der Waals surface area contributed by atoms with Gasteiger partial charge >= 0.3 is 0 Å². The first-order valence-corrected chi connectivity index (χ1v) is 7.58. The molecule has 108 valence electrons. The molecule has 0 saturated heterocycles. The Morgan fingerprint density at radius 3 is 2.68 bits per heavy atom. The smallest absolute Gasteiger partial charge is 0.0914 e. The fourth-order valence-electron chi connectivity index (χ4n) is 1.83. The summed E-state index contributed by atoms with van der Waals surface area (Å²) in [6.07, 6.45) is -0.500.